The lowest BCUT2D eigenvalue weighted by Crippen LogP contribution is -2.27. The second-order valence-corrected chi connectivity index (χ2v) is 4.83. The second kappa shape index (κ2) is 5.50. The smallest absolute Gasteiger partial charge is 0.354 e. The summed E-state index contributed by atoms with van der Waals surface area (Å²) in [5.74, 6) is -3.24. The zero-order valence-electron chi connectivity index (χ0n) is 10.3. The number of carbonyl (C=O) groups excluding carboxylic acids is 1. The molecule has 104 valence electrons. The topological polar surface area (TPSA) is 59.2 Å². The Hall–Kier alpha value is -1.72. The van der Waals surface area contributed by atoms with E-state index in [0.29, 0.717) is 12.8 Å². The SMILES string of the molecule is O=C(OCC1CCC(F)(F)CC1)c1cccc(=O)[nH]1. The van der Waals surface area contributed by atoms with Crippen LogP contribution < -0.4 is 5.56 Å². The number of alkyl halides is 2. The van der Waals surface area contributed by atoms with Gasteiger partial charge in [0.25, 0.3) is 0 Å². The Balaban J connectivity index is 1.83. The predicted molar refractivity (Wildman–Crippen MR) is 64.3 cm³/mol. The van der Waals surface area contributed by atoms with Crippen LogP contribution in [0.4, 0.5) is 8.78 Å². The third-order valence-corrected chi connectivity index (χ3v) is 3.28. The largest absolute Gasteiger partial charge is 0.461 e. The molecule has 1 aliphatic carbocycles. The van der Waals surface area contributed by atoms with Gasteiger partial charge in [0.2, 0.25) is 11.5 Å². The molecule has 1 aromatic rings. The molecule has 0 unspecified atom stereocenters. The summed E-state index contributed by atoms with van der Waals surface area (Å²) in [6, 6.07) is 4.19. The lowest BCUT2D eigenvalue weighted by molar-refractivity contribution is -0.0526. The van der Waals surface area contributed by atoms with Crippen molar-refractivity contribution in [2.45, 2.75) is 31.6 Å². The Morgan fingerprint density at radius 1 is 1.37 bits per heavy atom. The van der Waals surface area contributed by atoms with Crippen molar-refractivity contribution < 1.29 is 18.3 Å². The molecule has 1 N–H and O–H groups in total. The molecule has 1 fully saturated rings. The number of aromatic nitrogens is 1. The molecule has 0 atom stereocenters. The zero-order chi connectivity index (χ0) is 13.9. The van der Waals surface area contributed by atoms with Gasteiger partial charge in [-0.05, 0) is 24.8 Å². The first-order valence-electron chi connectivity index (χ1n) is 6.20. The number of esters is 1. The molecule has 0 amide bonds. The standard InChI is InChI=1S/C13H15F2NO3/c14-13(15)6-4-9(5-7-13)8-19-12(18)10-2-1-3-11(17)16-10/h1-3,9H,4-8H2,(H,16,17). The van der Waals surface area contributed by atoms with Crippen molar-refractivity contribution in [2.24, 2.45) is 5.92 Å². The van der Waals surface area contributed by atoms with Crippen LogP contribution in [0.3, 0.4) is 0 Å². The van der Waals surface area contributed by atoms with Gasteiger partial charge in [-0.3, -0.25) is 4.79 Å². The van der Waals surface area contributed by atoms with Crippen molar-refractivity contribution in [2.75, 3.05) is 6.61 Å². The van der Waals surface area contributed by atoms with Crippen molar-refractivity contribution in [3.8, 4) is 0 Å². The normalized spacial score (nSPS) is 19.1. The molecule has 0 aliphatic heterocycles. The summed E-state index contributed by atoms with van der Waals surface area (Å²) in [7, 11) is 0. The predicted octanol–water partition coefficient (Wildman–Crippen LogP) is 2.36. The van der Waals surface area contributed by atoms with E-state index in [9.17, 15) is 18.4 Å². The number of hydrogen-bond donors (Lipinski definition) is 1. The summed E-state index contributed by atoms with van der Waals surface area (Å²) in [5, 5.41) is 0. The average molecular weight is 271 g/mol. The van der Waals surface area contributed by atoms with Crippen molar-refractivity contribution in [3.63, 3.8) is 0 Å². The molecule has 0 aromatic carbocycles. The van der Waals surface area contributed by atoms with Gasteiger partial charge in [-0.25, -0.2) is 13.6 Å². The third-order valence-electron chi connectivity index (χ3n) is 3.28. The van der Waals surface area contributed by atoms with Crippen LogP contribution in [0.1, 0.15) is 36.2 Å². The van der Waals surface area contributed by atoms with Crippen LogP contribution in [-0.4, -0.2) is 23.5 Å². The Bertz CT molecular complexity index is 503. The lowest BCUT2D eigenvalue weighted by Gasteiger charge is -2.27. The van der Waals surface area contributed by atoms with E-state index < -0.39 is 11.9 Å². The van der Waals surface area contributed by atoms with Gasteiger partial charge in [0.05, 0.1) is 6.61 Å². The minimum absolute atomic E-state index is 0.0287. The van der Waals surface area contributed by atoms with E-state index in [-0.39, 0.29) is 36.6 Å². The maximum absolute atomic E-state index is 12.9. The number of ether oxygens (including phenoxy) is 1. The number of nitrogens with one attached hydrogen (secondary N) is 1. The minimum Gasteiger partial charge on any atom is -0.461 e. The summed E-state index contributed by atoms with van der Waals surface area (Å²) in [6.07, 6.45) is 0.395. The molecule has 6 heteroatoms. The summed E-state index contributed by atoms with van der Waals surface area (Å²) >= 11 is 0. The van der Waals surface area contributed by atoms with E-state index in [0.717, 1.165) is 0 Å². The number of carbonyl (C=O) groups is 1. The van der Waals surface area contributed by atoms with Gasteiger partial charge in [0, 0.05) is 18.9 Å². The van der Waals surface area contributed by atoms with Crippen molar-refractivity contribution in [1.29, 1.82) is 0 Å². The van der Waals surface area contributed by atoms with Crippen molar-refractivity contribution in [1.82, 2.24) is 4.98 Å². The molecule has 19 heavy (non-hydrogen) atoms. The van der Waals surface area contributed by atoms with Crippen molar-refractivity contribution >= 4 is 5.97 Å². The third kappa shape index (κ3) is 3.87. The van der Waals surface area contributed by atoms with Gasteiger partial charge in [0.1, 0.15) is 5.69 Å². The first-order chi connectivity index (χ1) is 8.96. The number of H-pyrrole nitrogens is 1. The van der Waals surface area contributed by atoms with E-state index in [1.807, 2.05) is 0 Å². The van der Waals surface area contributed by atoms with Gasteiger partial charge < -0.3 is 9.72 Å². The van der Waals surface area contributed by atoms with Crippen LogP contribution in [0.2, 0.25) is 0 Å². The maximum atomic E-state index is 12.9. The molecule has 4 nitrogen and oxygen atoms in total. The highest BCUT2D eigenvalue weighted by Gasteiger charge is 2.35. The fraction of sp³-hybridized carbons (Fsp3) is 0.538. The Labute approximate surface area is 108 Å². The van der Waals surface area contributed by atoms with Gasteiger partial charge in [0.15, 0.2) is 0 Å². The molecule has 0 bridgehead atoms. The van der Waals surface area contributed by atoms with E-state index in [1.54, 1.807) is 0 Å². The molecular weight excluding hydrogens is 256 g/mol. The summed E-state index contributed by atoms with van der Waals surface area (Å²) in [4.78, 5) is 25.0. The minimum atomic E-state index is -2.58. The van der Waals surface area contributed by atoms with Gasteiger partial charge in [-0.15, -0.1) is 0 Å². The van der Waals surface area contributed by atoms with Crippen LogP contribution in [0.15, 0.2) is 23.0 Å². The highest BCUT2D eigenvalue weighted by atomic mass is 19.3. The zero-order valence-corrected chi connectivity index (χ0v) is 10.3. The fourth-order valence-corrected chi connectivity index (χ4v) is 2.10. The van der Waals surface area contributed by atoms with Gasteiger partial charge in [-0.1, -0.05) is 6.07 Å². The van der Waals surface area contributed by atoms with Crippen LogP contribution in [0.5, 0.6) is 0 Å². The number of pyridine rings is 1. The molecule has 1 saturated carbocycles. The molecule has 0 saturated heterocycles. The maximum Gasteiger partial charge on any atom is 0.354 e. The summed E-state index contributed by atoms with van der Waals surface area (Å²) < 4.78 is 30.9. The molecule has 1 aromatic heterocycles. The highest BCUT2D eigenvalue weighted by Crippen LogP contribution is 2.36. The van der Waals surface area contributed by atoms with E-state index in [1.165, 1.54) is 18.2 Å². The van der Waals surface area contributed by atoms with Crippen LogP contribution in [0.25, 0.3) is 0 Å². The first-order valence-corrected chi connectivity index (χ1v) is 6.20. The van der Waals surface area contributed by atoms with E-state index in [2.05, 4.69) is 4.98 Å². The molecular formula is C13H15F2NO3. The van der Waals surface area contributed by atoms with Gasteiger partial charge in [-0.2, -0.15) is 0 Å². The fourth-order valence-electron chi connectivity index (χ4n) is 2.10. The highest BCUT2D eigenvalue weighted by molar-refractivity contribution is 5.87. The quantitative estimate of drug-likeness (QED) is 0.858. The monoisotopic (exact) mass is 271 g/mol. The summed E-state index contributed by atoms with van der Waals surface area (Å²) in [5.41, 5.74) is -0.305. The van der Waals surface area contributed by atoms with E-state index >= 15 is 0 Å². The van der Waals surface area contributed by atoms with Crippen molar-refractivity contribution in [3.05, 3.63) is 34.2 Å². The van der Waals surface area contributed by atoms with Crippen LogP contribution in [-0.2, 0) is 4.74 Å². The number of halogens is 2. The lowest BCUT2D eigenvalue weighted by atomic mass is 9.87. The van der Waals surface area contributed by atoms with Gasteiger partial charge >= 0.3 is 5.97 Å². The average Bonchev–Trinajstić information content (AvgIpc) is 2.37. The molecule has 2 rings (SSSR count). The van der Waals surface area contributed by atoms with E-state index in [4.69, 9.17) is 4.74 Å². The second-order valence-electron chi connectivity index (χ2n) is 4.83. The number of hydrogen-bond acceptors (Lipinski definition) is 3. The number of rotatable bonds is 3. The number of aromatic amines is 1. The molecule has 0 spiro atoms. The molecule has 1 heterocycles. The summed E-state index contributed by atoms with van der Waals surface area (Å²) in [6.45, 7) is 0.117. The van der Waals surface area contributed by atoms with Crippen LogP contribution in [0, 0.1) is 5.92 Å². The Morgan fingerprint density at radius 2 is 2.05 bits per heavy atom. The Morgan fingerprint density at radius 3 is 2.68 bits per heavy atom. The Kier molecular flexibility index (Phi) is 3.97. The molecule has 0 radical (unpaired) electrons. The van der Waals surface area contributed by atoms with Crippen LogP contribution >= 0.6 is 0 Å². The molecule has 1 aliphatic rings. The first kappa shape index (κ1) is 13.7.